The molecule has 1 aliphatic heterocycles. The second-order valence-electron chi connectivity index (χ2n) is 6.77. The molecule has 2 amide bonds. The Morgan fingerprint density at radius 2 is 2.04 bits per heavy atom. The third kappa shape index (κ3) is 4.68. The highest BCUT2D eigenvalue weighted by Gasteiger charge is 2.27. The van der Waals surface area contributed by atoms with Gasteiger partial charge in [-0.1, -0.05) is 35.0 Å². The summed E-state index contributed by atoms with van der Waals surface area (Å²) in [7, 11) is 0. The Hall–Kier alpha value is -2.70. The Labute approximate surface area is 152 Å². The first-order valence-corrected chi connectivity index (χ1v) is 8.91. The molecule has 138 valence electrons. The van der Waals surface area contributed by atoms with E-state index in [1.165, 1.54) is 0 Å². The molecule has 1 fully saturated rings. The van der Waals surface area contributed by atoms with Crippen LogP contribution in [0.4, 0.5) is 0 Å². The van der Waals surface area contributed by atoms with E-state index in [0.29, 0.717) is 44.1 Å². The van der Waals surface area contributed by atoms with Crippen LogP contribution in [-0.4, -0.2) is 39.9 Å². The van der Waals surface area contributed by atoms with Crippen molar-refractivity contribution in [3.63, 3.8) is 0 Å². The first-order chi connectivity index (χ1) is 12.5. The summed E-state index contributed by atoms with van der Waals surface area (Å²) >= 11 is 0. The molecule has 0 unspecified atom stereocenters. The van der Waals surface area contributed by atoms with Gasteiger partial charge in [-0.2, -0.15) is 4.98 Å². The Bertz CT molecular complexity index is 779. The van der Waals surface area contributed by atoms with Crippen molar-refractivity contribution in [2.75, 3.05) is 13.1 Å². The molecule has 0 radical (unpaired) electrons. The lowest BCUT2D eigenvalue weighted by molar-refractivity contribution is -0.135. The minimum absolute atomic E-state index is 0.0216. The number of hydrogen-bond acceptors (Lipinski definition) is 5. The van der Waals surface area contributed by atoms with Gasteiger partial charge in [0.05, 0.1) is 13.0 Å². The summed E-state index contributed by atoms with van der Waals surface area (Å²) in [6, 6.07) is 8.01. The van der Waals surface area contributed by atoms with E-state index in [0.717, 1.165) is 11.1 Å². The van der Waals surface area contributed by atoms with Crippen LogP contribution in [0.25, 0.3) is 0 Å². The fourth-order valence-electron chi connectivity index (χ4n) is 3.22. The number of piperidine rings is 1. The highest BCUT2D eigenvalue weighted by molar-refractivity contribution is 5.81. The van der Waals surface area contributed by atoms with E-state index in [4.69, 9.17) is 4.52 Å². The van der Waals surface area contributed by atoms with Crippen molar-refractivity contribution in [1.29, 1.82) is 0 Å². The molecule has 0 bridgehead atoms. The van der Waals surface area contributed by atoms with Gasteiger partial charge < -0.3 is 14.7 Å². The minimum atomic E-state index is -0.0814. The van der Waals surface area contributed by atoms with Crippen molar-refractivity contribution in [3.8, 4) is 0 Å². The van der Waals surface area contributed by atoms with Crippen molar-refractivity contribution >= 4 is 11.8 Å². The smallest absolute Gasteiger partial charge is 0.246 e. The van der Waals surface area contributed by atoms with Crippen molar-refractivity contribution in [2.45, 2.75) is 39.7 Å². The van der Waals surface area contributed by atoms with E-state index in [1.54, 1.807) is 6.92 Å². The quantitative estimate of drug-likeness (QED) is 0.882. The Kier molecular flexibility index (Phi) is 5.65. The molecule has 0 saturated carbocycles. The number of aryl methyl sites for hydroxylation is 2. The fraction of sp³-hybridized carbons (Fsp3) is 0.474. The van der Waals surface area contributed by atoms with Crippen LogP contribution in [0.2, 0.25) is 0 Å². The van der Waals surface area contributed by atoms with E-state index < -0.39 is 0 Å². The summed E-state index contributed by atoms with van der Waals surface area (Å²) in [5.74, 6) is 0.973. The molecule has 1 aliphatic rings. The molecule has 1 saturated heterocycles. The van der Waals surface area contributed by atoms with Crippen LogP contribution < -0.4 is 5.32 Å². The normalized spacial score (nSPS) is 15.1. The maximum Gasteiger partial charge on any atom is 0.246 e. The van der Waals surface area contributed by atoms with E-state index in [2.05, 4.69) is 15.5 Å². The van der Waals surface area contributed by atoms with Crippen LogP contribution >= 0.6 is 0 Å². The summed E-state index contributed by atoms with van der Waals surface area (Å²) in [6.07, 6.45) is 1.76. The molecule has 1 N–H and O–H groups in total. The summed E-state index contributed by atoms with van der Waals surface area (Å²) in [5, 5.41) is 6.53. The van der Waals surface area contributed by atoms with E-state index in [1.807, 2.05) is 36.1 Å². The minimum Gasteiger partial charge on any atom is -0.347 e. The third-order valence-corrected chi connectivity index (χ3v) is 4.64. The van der Waals surface area contributed by atoms with Gasteiger partial charge in [0.2, 0.25) is 17.7 Å². The summed E-state index contributed by atoms with van der Waals surface area (Å²) in [5.41, 5.74) is 2.19. The van der Waals surface area contributed by atoms with Crippen LogP contribution in [0.5, 0.6) is 0 Å². The van der Waals surface area contributed by atoms with E-state index in [-0.39, 0.29) is 24.3 Å². The Morgan fingerprint density at radius 3 is 2.69 bits per heavy atom. The number of likely N-dealkylation sites (tertiary alicyclic amines) is 1. The molecule has 0 spiro atoms. The highest BCUT2D eigenvalue weighted by atomic mass is 16.5. The number of rotatable bonds is 5. The van der Waals surface area contributed by atoms with Gasteiger partial charge in [0, 0.05) is 19.0 Å². The van der Waals surface area contributed by atoms with E-state index >= 15 is 0 Å². The Balaban J connectivity index is 1.44. The lowest BCUT2D eigenvalue weighted by Gasteiger charge is -2.31. The molecule has 2 aromatic rings. The number of benzene rings is 1. The summed E-state index contributed by atoms with van der Waals surface area (Å²) in [6.45, 7) is 5.23. The predicted molar refractivity (Wildman–Crippen MR) is 95.1 cm³/mol. The molecule has 3 rings (SSSR count). The number of aromatic nitrogens is 2. The van der Waals surface area contributed by atoms with Crippen LogP contribution in [0.1, 0.15) is 35.7 Å². The van der Waals surface area contributed by atoms with Crippen molar-refractivity contribution in [2.24, 2.45) is 5.92 Å². The second kappa shape index (κ2) is 8.12. The zero-order chi connectivity index (χ0) is 18.5. The van der Waals surface area contributed by atoms with Crippen LogP contribution in [0.3, 0.4) is 0 Å². The number of amides is 2. The van der Waals surface area contributed by atoms with Crippen molar-refractivity contribution in [3.05, 3.63) is 47.1 Å². The zero-order valence-corrected chi connectivity index (χ0v) is 15.2. The fourth-order valence-corrected chi connectivity index (χ4v) is 3.22. The molecular weight excluding hydrogens is 332 g/mol. The molecule has 0 atom stereocenters. The summed E-state index contributed by atoms with van der Waals surface area (Å²) in [4.78, 5) is 30.7. The predicted octanol–water partition coefficient (Wildman–Crippen LogP) is 1.78. The largest absolute Gasteiger partial charge is 0.347 e. The monoisotopic (exact) mass is 356 g/mol. The summed E-state index contributed by atoms with van der Waals surface area (Å²) < 4.78 is 4.99. The van der Waals surface area contributed by atoms with Crippen molar-refractivity contribution in [1.82, 2.24) is 20.4 Å². The maximum absolute atomic E-state index is 12.5. The number of nitrogens with one attached hydrogen (secondary N) is 1. The third-order valence-electron chi connectivity index (χ3n) is 4.64. The molecule has 0 aliphatic carbocycles. The second-order valence-corrected chi connectivity index (χ2v) is 6.77. The zero-order valence-electron chi connectivity index (χ0n) is 15.2. The van der Waals surface area contributed by atoms with E-state index in [9.17, 15) is 9.59 Å². The van der Waals surface area contributed by atoms with Gasteiger partial charge in [0.25, 0.3) is 0 Å². The van der Waals surface area contributed by atoms with Gasteiger partial charge in [-0.3, -0.25) is 9.59 Å². The standard InChI is InChI=1S/C19H24N4O3/c1-13-4-3-5-15(10-13)11-18(24)23-8-6-16(7-9-23)19(25)20-12-17-21-14(2)22-26-17/h3-5,10,16H,6-9,11-12H2,1-2H3,(H,20,25). The first-order valence-electron chi connectivity index (χ1n) is 8.91. The number of carbonyl (C=O) groups is 2. The number of carbonyl (C=O) groups excluding carboxylic acids is 2. The van der Waals surface area contributed by atoms with Crippen LogP contribution in [-0.2, 0) is 22.6 Å². The number of nitrogens with zero attached hydrogens (tertiary/aromatic N) is 3. The molecule has 7 nitrogen and oxygen atoms in total. The van der Waals surface area contributed by atoms with Gasteiger partial charge in [0.15, 0.2) is 5.82 Å². The molecule has 1 aromatic carbocycles. The first kappa shape index (κ1) is 18.1. The average molecular weight is 356 g/mol. The SMILES string of the molecule is Cc1cccc(CC(=O)N2CCC(C(=O)NCc3nc(C)no3)CC2)c1. The molecular formula is C19H24N4O3. The average Bonchev–Trinajstić information content (AvgIpc) is 3.05. The van der Waals surface area contributed by atoms with Gasteiger partial charge in [-0.15, -0.1) is 0 Å². The molecule has 26 heavy (non-hydrogen) atoms. The molecule has 7 heteroatoms. The van der Waals surface area contributed by atoms with Gasteiger partial charge in [-0.05, 0) is 32.3 Å². The van der Waals surface area contributed by atoms with Crippen LogP contribution in [0.15, 0.2) is 28.8 Å². The lowest BCUT2D eigenvalue weighted by Crippen LogP contribution is -2.43. The van der Waals surface area contributed by atoms with Crippen LogP contribution in [0, 0.1) is 19.8 Å². The number of hydrogen-bond donors (Lipinski definition) is 1. The van der Waals surface area contributed by atoms with Gasteiger partial charge >= 0.3 is 0 Å². The topological polar surface area (TPSA) is 88.3 Å². The molecule has 2 heterocycles. The highest BCUT2D eigenvalue weighted by Crippen LogP contribution is 2.19. The van der Waals surface area contributed by atoms with Crippen molar-refractivity contribution < 1.29 is 14.1 Å². The van der Waals surface area contributed by atoms with Gasteiger partial charge in [0.1, 0.15) is 0 Å². The maximum atomic E-state index is 12.5. The Morgan fingerprint density at radius 1 is 1.27 bits per heavy atom. The molecule has 1 aromatic heterocycles. The lowest BCUT2D eigenvalue weighted by atomic mass is 9.95. The van der Waals surface area contributed by atoms with Gasteiger partial charge in [-0.25, -0.2) is 0 Å².